The van der Waals surface area contributed by atoms with Gasteiger partial charge in [-0.2, -0.15) is 0 Å². The van der Waals surface area contributed by atoms with Crippen LogP contribution >= 0.6 is 12.2 Å². The first-order chi connectivity index (χ1) is 7.75. The van der Waals surface area contributed by atoms with Gasteiger partial charge in [-0.15, -0.1) is 0 Å². The van der Waals surface area contributed by atoms with Crippen molar-refractivity contribution < 1.29 is 5.11 Å². The SMILES string of the molecule is Oc1ccc(C(=S)Nc2ccccc2)cc1. The minimum atomic E-state index is 0.242. The smallest absolute Gasteiger partial charge is 0.115 e. The van der Waals surface area contributed by atoms with Gasteiger partial charge in [-0.05, 0) is 36.4 Å². The van der Waals surface area contributed by atoms with Gasteiger partial charge in [0.2, 0.25) is 0 Å². The number of aromatic hydroxyl groups is 1. The molecule has 0 saturated carbocycles. The molecule has 0 fully saturated rings. The van der Waals surface area contributed by atoms with Crippen molar-refractivity contribution in [3.63, 3.8) is 0 Å². The zero-order chi connectivity index (χ0) is 11.4. The van der Waals surface area contributed by atoms with Crippen molar-refractivity contribution in [2.24, 2.45) is 0 Å². The fourth-order valence-corrected chi connectivity index (χ4v) is 1.59. The molecule has 2 N–H and O–H groups in total. The molecule has 0 aromatic heterocycles. The van der Waals surface area contributed by atoms with Gasteiger partial charge >= 0.3 is 0 Å². The van der Waals surface area contributed by atoms with Crippen molar-refractivity contribution in [3.05, 3.63) is 60.2 Å². The maximum atomic E-state index is 9.16. The predicted molar refractivity (Wildman–Crippen MR) is 69.9 cm³/mol. The number of para-hydroxylation sites is 1. The van der Waals surface area contributed by atoms with E-state index >= 15 is 0 Å². The van der Waals surface area contributed by atoms with Crippen molar-refractivity contribution in [1.82, 2.24) is 0 Å². The summed E-state index contributed by atoms with van der Waals surface area (Å²) in [7, 11) is 0. The fourth-order valence-electron chi connectivity index (χ4n) is 1.34. The topological polar surface area (TPSA) is 32.3 Å². The highest BCUT2D eigenvalue weighted by Gasteiger charge is 2.00. The summed E-state index contributed by atoms with van der Waals surface area (Å²) in [4.78, 5) is 0.645. The number of hydrogen-bond acceptors (Lipinski definition) is 2. The number of nitrogens with one attached hydrogen (secondary N) is 1. The van der Waals surface area contributed by atoms with E-state index in [1.165, 1.54) is 0 Å². The van der Waals surface area contributed by atoms with Crippen molar-refractivity contribution in [2.45, 2.75) is 0 Å². The Kier molecular flexibility index (Phi) is 3.17. The molecule has 80 valence electrons. The molecule has 0 bridgehead atoms. The second-order valence-electron chi connectivity index (χ2n) is 3.37. The summed E-state index contributed by atoms with van der Waals surface area (Å²) in [5.74, 6) is 0.242. The van der Waals surface area contributed by atoms with E-state index in [0.29, 0.717) is 4.99 Å². The fraction of sp³-hybridized carbons (Fsp3) is 0. The van der Waals surface area contributed by atoms with Crippen molar-refractivity contribution in [1.29, 1.82) is 0 Å². The molecular weight excluding hydrogens is 218 g/mol. The normalized spacial score (nSPS) is 9.75. The third-order valence-corrected chi connectivity index (χ3v) is 2.50. The van der Waals surface area contributed by atoms with E-state index in [1.807, 2.05) is 30.3 Å². The Morgan fingerprint density at radius 1 is 0.938 bits per heavy atom. The Morgan fingerprint density at radius 2 is 1.56 bits per heavy atom. The summed E-state index contributed by atoms with van der Waals surface area (Å²) in [5, 5.41) is 12.3. The summed E-state index contributed by atoms with van der Waals surface area (Å²) in [5.41, 5.74) is 1.84. The van der Waals surface area contributed by atoms with Crippen LogP contribution in [0.4, 0.5) is 5.69 Å². The number of phenols is 1. The van der Waals surface area contributed by atoms with Gasteiger partial charge in [0.25, 0.3) is 0 Å². The van der Waals surface area contributed by atoms with Crippen molar-refractivity contribution in [2.75, 3.05) is 5.32 Å². The van der Waals surface area contributed by atoms with E-state index < -0.39 is 0 Å². The minimum Gasteiger partial charge on any atom is -0.508 e. The number of benzene rings is 2. The lowest BCUT2D eigenvalue weighted by Crippen LogP contribution is -2.09. The number of anilines is 1. The van der Waals surface area contributed by atoms with E-state index in [2.05, 4.69) is 5.32 Å². The number of rotatable bonds is 2. The molecule has 0 unspecified atom stereocenters. The Morgan fingerprint density at radius 3 is 2.19 bits per heavy atom. The molecule has 2 rings (SSSR count). The van der Waals surface area contributed by atoms with Crippen LogP contribution in [-0.2, 0) is 0 Å². The van der Waals surface area contributed by atoms with Gasteiger partial charge in [0.1, 0.15) is 10.7 Å². The van der Waals surface area contributed by atoms with Crippen LogP contribution in [0.1, 0.15) is 5.56 Å². The molecule has 0 radical (unpaired) electrons. The molecule has 0 heterocycles. The molecule has 0 saturated heterocycles. The average molecular weight is 229 g/mol. The number of thiocarbonyl (C=S) groups is 1. The molecular formula is C13H11NOS. The predicted octanol–water partition coefficient (Wildman–Crippen LogP) is 3.18. The molecule has 0 atom stereocenters. The van der Waals surface area contributed by atoms with Crippen LogP contribution in [0.3, 0.4) is 0 Å². The third-order valence-electron chi connectivity index (χ3n) is 2.16. The van der Waals surface area contributed by atoms with Crippen LogP contribution in [0.5, 0.6) is 5.75 Å². The molecule has 0 aliphatic heterocycles. The number of hydrogen-bond donors (Lipinski definition) is 2. The van der Waals surface area contributed by atoms with Gasteiger partial charge in [-0.25, -0.2) is 0 Å². The maximum Gasteiger partial charge on any atom is 0.115 e. The summed E-state index contributed by atoms with van der Waals surface area (Å²) in [6, 6.07) is 16.6. The standard InChI is InChI=1S/C13H11NOS/c15-12-8-6-10(7-9-12)13(16)14-11-4-2-1-3-5-11/h1-9,15H,(H,14,16). The first-order valence-corrected chi connectivity index (χ1v) is 5.32. The highest BCUT2D eigenvalue weighted by Crippen LogP contribution is 2.13. The molecule has 16 heavy (non-hydrogen) atoms. The molecule has 0 spiro atoms. The Hall–Kier alpha value is -1.87. The molecule has 0 aliphatic carbocycles. The van der Waals surface area contributed by atoms with E-state index in [1.54, 1.807) is 24.3 Å². The van der Waals surface area contributed by atoms with E-state index in [0.717, 1.165) is 11.3 Å². The molecule has 0 aliphatic rings. The van der Waals surface area contributed by atoms with E-state index in [-0.39, 0.29) is 5.75 Å². The highest BCUT2D eigenvalue weighted by atomic mass is 32.1. The van der Waals surface area contributed by atoms with Crippen LogP contribution in [0.15, 0.2) is 54.6 Å². The third kappa shape index (κ3) is 2.58. The van der Waals surface area contributed by atoms with Gasteiger partial charge in [-0.3, -0.25) is 0 Å². The first-order valence-electron chi connectivity index (χ1n) is 4.91. The Balaban J connectivity index is 2.12. The minimum absolute atomic E-state index is 0.242. The van der Waals surface area contributed by atoms with Crippen LogP contribution in [-0.4, -0.2) is 10.1 Å². The monoisotopic (exact) mass is 229 g/mol. The highest BCUT2D eigenvalue weighted by molar-refractivity contribution is 7.81. The summed E-state index contributed by atoms with van der Waals surface area (Å²) in [6.07, 6.45) is 0. The summed E-state index contributed by atoms with van der Waals surface area (Å²) < 4.78 is 0. The zero-order valence-corrected chi connectivity index (χ0v) is 9.37. The maximum absolute atomic E-state index is 9.16. The Bertz CT molecular complexity index is 479. The van der Waals surface area contributed by atoms with Crippen molar-refractivity contribution in [3.8, 4) is 5.75 Å². The van der Waals surface area contributed by atoms with Crippen LogP contribution in [0, 0.1) is 0 Å². The van der Waals surface area contributed by atoms with Gasteiger partial charge in [0, 0.05) is 11.3 Å². The van der Waals surface area contributed by atoms with Crippen molar-refractivity contribution >= 4 is 22.9 Å². The second kappa shape index (κ2) is 4.77. The van der Waals surface area contributed by atoms with Crippen LogP contribution < -0.4 is 5.32 Å². The lowest BCUT2D eigenvalue weighted by molar-refractivity contribution is 0.475. The summed E-state index contributed by atoms with van der Waals surface area (Å²) >= 11 is 5.25. The van der Waals surface area contributed by atoms with Gasteiger partial charge in [0.15, 0.2) is 0 Å². The van der Waals surface area contributed by atoms with E-state index in [4.69, 9.17) is 17.3 Å². The van der Waals surface area contributed by atoms with Crippen LogP contribution in [0.2, 0.25) is 0 Å². The van der Waals surface area contributed by atoms with Crippen LogP contribution in [0.25, 0.3) is 0 Å². The molecule has 2 nitrogen and oxygen atoms in total. The zero-order valence-electron chi connectivity index (χ0n) is 8.55. The Labute approximate surface area is 99.6 Å². The molecule has 0 amide bonds. The molecule has 3 heteroatoms. The van der Waals surface area contributed by atoms with Gasteiger partial charge < -0.3 is 10.4 Å². The lowest BCUT2D eigenvalue weighted by atomic mass is 10.2. The summed E-state index contributed by atoms with van der Waals surface area (Å²) in [6.45, 7) is 0. The lowest BCUT2D eigenvalue weighted by Gasteiger charge is -2.07. The first kappa shape index (κ1) is 10.6. The molecule has 2 aromatic carbocycles. The van der Waals surface area contributed by atoms with Gasteiger partial charge in [-0.1, -0.05) is 30.4 Å². The molecule has 2 aromatic rings. The largest absolute Gasteiger partial charge is 0.508 e. The second-order valence-corrected chi connectivity index (χ2v) is 3.78. The van der Waals surface area contributed by atoms with E-state index in [9.17, 15) is 0 Å². The quantitative estimate of drug-likeness (QED) is 0.776. The average Bonchev–Trinajstić information content (AvgIpc) is 2.31. The van der Waals surface area contributed by atoms with Gasteiger partial charge in [0.05, 0.1) is 0 Å². The number of phenolic OH excluding ortho intramolecular Hbond substituents is 1.